The van der Waals surface area contributed by atoms with Crippen LogP contribution in [0.25, 0.3) is 0 Å². The highest BCUT2D eigenvalue weighted by Gasteiger charge is 2.22. The van der Waals surface area contributed by atoms with Gasteiger partial charge in [-0.05, 0) is 35.1 Å². The van der Waals surface area contributed by atoms with Crippen molar-refractivity contribution in [2.24, 2.45) is 0 Å². The van der Waals surface area contributed by atoms with Gasteiger partial charge in [0, 0.05) is 31.9 Å². The number of rotatable bonds is 1. The van der Waals surface area contributed by atoms with Crippen LogP contribution in [0.3, 0.4) is 0 Å². The predicted octanol–water partition coefficient (Wildman–Crippen LogP) is 1.42. The number of anilines is 1. The maximum atomic E-state index is 12.3. The highest BCUT2D eigenvalue weighted by molar-refractivity contribution is 9.10. The SMILES string of the molecule is CN1CCN(C(=O)c2cccc(N)c2Br)CC1. The second-order valence-electron chi connectivity index (χ2n) is 4.30. The van der Waals surface area contributed by atoms with E-state index < -0.39 is 0 Å². The highest BCUT2D eigenvalue weighted by Crippen LogP contribution is 2.25. The molecule has 0 unspecified atom stereocenters. The van der Waals surface area contributed by atoms with Crippen LogP contribution in [0.2, 0.25) is 0 Å². The van der Waals surface area contributed by atoms with Crippen molar-refractivity contribution in [3.05, 3.63) is 28.2 Å². The summed E-state index contributed by atoms with van der Waals surface area (Å²) in [6, 6.07) is 5.40. The number of piperazine rings is 1. The summed E-state index contributed by atoms with van der Waals surface area (Å²) in [7, 11) is 2.07. The topological polar surface area (TPSA) is 49.6 Å². The number of carbonyl (C=O) groups excluding carboxylic acids is 1. The molecule has 92 valence electrons. The number of nitrogen functional groups attached to an aromatic ring is 1. The molecule has 5 heteroatoms. The summed E-state index contributed by atoms with van der Waals surface area (Å²) < 4.78 is 0.698. The Labute approximate surface area is 110 Å². The predicted molar refractivity (Wildman–Crippen MR) is 72.0 cm³/mol. The van der Waals surface area contributed by atoms with E-state index in [0.717, 1.165) is 26.2 Å². The van der Waals surface area contributed by atoms with Crippen LogP contribution in [0, 0.1) is 0 Å². The van der Waals surface area contributed by atoms with Crippen molar-refractivity contribution in [1.29, 1.82) is 0 Å². The van der Waals surface area contributed by atoms with Gasteiger partial charge in [0.05, 0.1) is 10.0 Å². The third kappa shape index (κ3) is 2.61. The van der Waals surface area contributed by atoms with Gasteiger partial charge < -0.3 is 15.5 Å². The van der Waals surface area contributed by atoms with Crippen molar-refractivity contribution in [2.75, 3.05) is 39.0 Å². The summed E-state index contributed by atoms with van der Waals surface area (Å²) in [6.07, 6.45) is 0. The molecule has 0 saturated carbocycles. The number of halogens is 1. The summed E-state index contributed by atoms with van der Waals surface area (Å²) in [5.74, 6) is 0.0530. The lowest BCUT2D eigenvalue weighted by Crippen LogP contribution is -2.47. The molecule has 1 aromatic carbocycles. The van der Waals surface area contributed by atoms with Crippen LogP contribution in [0.4, 0.5) is 5.69 Å². The lowest BCUT2D eigenvalue weighted by atomic mass is 10.1. The van der Waals surface area contributed by atoms with Gasteiger partial charge in [0.1, 0.15) is 0 Å². The Morgan fingerprint density at radius 1 is 1.29 bits per heavy atom. The van der Waals surface area contributed by atoms with Crippen molar-refractivity contribution in [2.45, 2.75) is 0 Å². The molecular formula is C12H16BrN3O. The van der Waals surface area contributed by atoms with Crippen LogP contribution < -0.4 is 5.73 Å². The lowest BCUT2D eigenvalue weighted by molar-refractivity contribution is 0.0663. The van der Waals surface area contributed by atoms with E-state index in [0.29, 0.717) is 15.7 Å². The van der Waals surface area contributed by atoms with E-state index in [2.05, 4.69) is 27.9 Å². The molecule has 0 aliphatic carbocycles. The minimum Gasteiger partial charge on any atom is -0.398 e. The number of amides is 1. The summed E-state index contributed by atoms with van der Waals surface area (Å²) in [5, 5.41) is 0. The minimum absolute atomic E-state index is 0.0530. The van der Waals surface area contributed by atoms with E-state index in [4.69, 9.17) is 5.73 Å². The molecule has 2 N–H and O–H groups in total. The lowest BCUT2D eigenvalue weighted by Gasteiger charge is -2.32. The van der Waals surface area contributed by atoms with Gasteiger partial charge in [-0.1, -0.05) is 6.07 Å². The zero-order chi connectivity index (χ0) is 12.4. The van der Waals surface area contributed by atoms with Gasteiger partial charge >= 0.3 is 0 Å². The maximum Gasteiger partial charge on any atom is 0.255 e. The molecule has 2 rings (SSSR count). The molecule has 1 amide bonds. The molecule has 0 radical (unpaired) electrons. The second kappa shape index (κ2) is 5.06. The monoisotopic (exact) mass is 297 g/mol. The number of nitrogens with two attached hydrogens (primary N) is 1. The van der Waals surface area contributed by atoms with Gasteiger partial charge in [-0.3, -0.25) is 4.79 Å². The van der Waals surface area contributed by atoms with E-state index in [-0.39, 0.29) is 5.91 Å². The molecule has 1 aliphatic rings. The standard InChI is InChI=1S/C12H16BrN3O/c1-15-5-7-16(8-6-15)12(17)9-3-2-4-10(14)11(9)13/h2-4H,5-8,14H2,1H3. The van der Waals surface area contributed by atoms with Crippen molar-refractivity contribution >= 4 is 27.5 Å². The Morgan fingerprint density at radius 2 is 1.94 bits per heavy atom. The van der Waals surface area contributed by atoms with E-state index in [1.54, 1.807) is 12.1 Å². The molecule has 0 spiro atoms. The number of hydrogen-bond acceptors (Lipinski definition) is 3. The quantitative estimate of drug-likeness (QED) is 0.798. The van der Waals surface area contributed by atoms with E-state index in [1.165, 1.54) is 0 Å². The molecule has 0 aromatic heterocycles. The summed E-state index contributed by atoms with van der Waals surface area (Å²) in [5.41, 5.74) is 7.03. The molecule has 1 aromatic rings. The molecule has 4 nitrogen and oxygen atoms in total. The van der Waals surface area contributed by atoms with E-state index >= 15 is 0 Å². The van der Waals surface area contributed by atoms with Crippen LogP contribution in [0.15, 0.2) is 22.7 Å². The van der Waals surface area contributed by atoms with Crippen LogP contribution in [0.5, 0.6) is 0 Å². The number of benzene rings is 1. The zero-order valence-electron chi connectivity index (χ0n) is 9.82. The van der Waals surface area contributed by atoms with Gasteiger partial charge in [0.15, 0.2) is 0 Å². The molecule has 17 heavy (non-hydrogen) atoms. The van der Waals surface area contributed by atoms with Crippen molar-refractivity contribution in [3.8, 4) is 0 Å². The van der Waals surface area contributed by atoms with Gasteiger partial charge in [-0.25, -0.2) is 0 Å². The molecular weight excluding hydrogens is 282 g/mol. The van der Waals surface area contributed by atoms with Crippen molar-refractivity contribution < 1.29 is 4.79 Å². The Kier molecular flexibility index (Phi) is 3.69. The number of carbonyl (C=O) groups is 1. The minimum atomic E-state index is 0.0530. The zero-order valence-corrected chi connectivity index (χ0v) is 11.4. The largest absolute Gasteiger partial charge is 0.398 e. The molecule has 1 heterocycles. The van der Waals surface area contributed by atoms with Crippen LogP contribution in [-0.4, -0.2) is 48.9 Å². The van der Waals surface area contributed by atoms with Crippen LogP contribution in [0.1, 0.15) is 10.4 Å². The Bertz CT molecular complexity index is 428. The summed E-state index contributed by atoms with van der Waals surface area (Å²) in [4.78, 5) is 16.4. The Balaban J connectivity index is 2.17. The van der Waals surface area contributed by atoms with Crippen LogP contribution in [-0.2, 0) is 0 Å². The Morgan fingerprint density at radius 3 is 2.59 bits per heavy atom. The Hall–Kier alpha value is -1.07. The van der Waals surface area contributed by atoms with Crippen LogP contribution >= 0.6 is 15.9 Å². The van der Waals surface area contributed by atoms with Gasteiger partial charge in [0.2, 0.25) is 0 Å². The average Bonchev–Trinajstić information content (AvgIpc) is 2.33. The first-order valence-electron chi connectivity index (χ1n) is 5.61. The molecule has 0 bridgehead atoms. The smallest absolute Gasteiger partial charge is 0.255 e. The van der Waals surface area contributed by atoms with E-state index in [1.807, 2.05) is 11.0 Å². The van der Waals surface area contributed by atoms with Gasteiger partial charge in [0.25, 0.3) is 5.91 Å². The molecule has 1 aliphatic heterocycles. The maximum absolute atomic E-state index is 12.3. The fourth-order valence-electron chi connectivity index (χ4n) is 1.89. The second-order valence-corrected chi connectivity index (χ2v) is 5.10. The molecule has 0 atom stereocenters. The third-order valence-corrected chi connectivity index (χ3v) is 3.93. The average molecular weight is 298 g/mol. The molecule has 1 saturated heterocycles. The third-order valence-electron chi connectivity index (χ3n) is 3.05. The van der Waals surface area contributed by atoms with Crippen molar-refractivity contribution in [3.63, 3.8) is 0 Å². The van der Waals surface area contributed by atoms with Gasteiger partial charge in [-0.15, -0.1) is 0 Å². The number of nitrogens with zero attached hydrogens (tertiary/aromatic N) is 2. The van der Waals surface area contributed by atoms with E-state index in [9.17, 15) is 4.79 Å². The fourth-order valence-corrected chi connectivity index (χ4v) is 2.33. The highest BCUT2D eigenvalue weighted by atomic mass is 79.9. The van der Waals surface area contributed by atoms with Crippen molar-refractivity contribution in [1.82, 2.24) is 9.80 Å². The number of hydrogen-bond donors (Lipinski definition) is 1. The summed E-state index contributed by atoms with van der Waals surface area (Å²) >= 11 is 3.38. The summed E-state index contributed by atoms with van der Waals surface area (Å²) in [6.45, 7) is 3.39. The molecule has 1 fully saturated rings. The number of likely N-dealkylation sites (N-methyl/N-ethyl adjacent to an activating group) is 1. The first kappa shape index (κ1) is 12.4. The van der Waals surface area contributed by atoms with Gasteiger partial charge in [-0.2, -0.15) is 0 Å². The fraction of sp³-hybridized carbons (Fsp3) is 0.417. The normalized spacial score (nSPS) is 17.2. The first-order chi connectivity index (χ1) is 8.09. The first-order valence-corrected chi connectivity index (χ1v) is 6.40.